The zero-order valence-electron chi connectivity index (χ0n) is 8.69. The van der Waals surface area contributed by atoms with Crippen LogP contribution in [-0.2, 0) is 9.53 Å². The number of methoxy groups -OCH3 is 1. The van der Waals surface area contributed by atoms with Gasteiger partial charge < -0.3 is 4.74 Å². The highest BCUT2D eigenvalue weighted by Gasteiger charge is 1.98. The van der Waals surface area contributed by atoms with Crippen molar-refractivity contribution in [3.8, 4) is 0 Å². The van der Waals surface area contributed by atoms with Crippen LogP contribution >= 0.6 is 0 Å². The third-order valence-electron chi connectivity index (χ3n) is 1.91. The van der Waals surface area contributed by atoms with E-state index in [0.29, 0.717) is 5.56 Å². The lowest BCUT2D eigenvalue weighted by Gasteiger charge is -1.97. The van der Waals surface area contributed by atoms with Crippen LogP contribution < -0.4 is 0 Å². The Morgan fingerprint density at radius 3 is 2.67 bits per heavy atom. The summed E-state index contributed by atoms with van der Waals surface area (Å²) in [4.78, 5) is 21.9. The van der Waals surface area contributed by atoms with Crippen molar-refractivity contribution in [2.75, 3.05) is 7.11 Å². The molecule has 15 heavy (non-hydrogen) atoms. The predicted octanol–water partition coefficient (Wildman–Crippen LogP) is 2.08. The van der Waals surface area contributed by atoms with Gasteiger partial charge in [-0.2, -0.15) is 0 Å². The van der Waals surface area contributed by atoms with Crippen molar-refractivity contribution in [1.29, 1.82) is 0 Å². The number of hydrogen-bond donors (Lipinski definition) is 0. The second-order valence-corrected chi connectivity index (χ2v) is 3.04. The number of ketones is 1. The number of carbonyl (C=O) groups excluding carboxylic acids is 2. The summed E-state index contributed by atoms with van der Waals surface area (Å²) in [7, 11) is 1.32. The Bertz CT molecular complexity index is 405. The fourth-order valence-corrected chi connectivity index (χ4v) is 1.09. The number of benzene rings is 1. The standard InChI is InChI=1S/C12H12O3/c1-9(13)11-5-3-4-10(8-11)6-7-12(14)15-2/h3-8H,1-2H3/b7-6+. The number of esters is 1. The lowest BCUT2D eigenvalue weighted by atomic mass is 10.1. The van der Waals surface area contributed by atoms with Crippen LogP contribution in [0.4, 0.5) is 0 Å². The van der Waals surface area contributed by atoms with E-state index in [0.717, 1.165) is 5.56 Å². The van der Waals surface area contributed by atoms with Crippen molar-refractivity contribution in [3.63, 3.8) is 0 Å². The minimum Gasteiger partial charge on any atom is -0.466 e. The summed E-state index contributed by atoms with van der Waals surface area (Å²) in [6, 6.07) is 7.04. The van der Waals surface area contributed by atoms with Gasteiger partial charge in [0.15, 0.2) is 5.78 Å². The molecule has 0 unspecified atom stereocenters. The van der Waals surface area contributed by atoms with Crippen molar-refractivity contribution < 1.29 is 14.3 Å². The van der Waals surface area contributed by atoms with Crippen LogP contribution in [-0.4, -0.2) is 18.9 Å². The molecule has 0 heterocycles. The molecule has 0 saturated carbocycles. The molecule has 3 nitrogen and oxygen atoms in total. The maximum atomic E-state index is 11.1. The molecule has 0 aromatic heterocycles. The van der Waals surface area contributed by atoms with Crippen LogP contribution in [0, 0.1) is 0 Å². The molecular weight excluding hydrogens is 192 g/mol. The summed E-state index contributed by atoms with van der Waals surface area (Å²) in [5.41, 5.74) is 1.43. The van der Waals surface area contributed by atoms with Crippen LogP contribution in [0.3, 0.4) is 0 Å². The molecule has 0 fully saturated rings. The van der Waals surface area contributed by atoms with E-state index < -0.39 is 5.97 Å². The summed E-state index contributed by atoms with van der Waals surface area (Å²) in [5.74, 6) is -0.411. The smallest absolute Gasteiger partial charge is 0.330 e. The molecule has 78 valence electrons. The van der Waals surface area contributed by atoms with Gasteiger partial charge in [-0.25, -0.2) is 4.79 Å². The topological polar surface area (TPSA) is 43.4 Å². The van der Waals surface area contributed by atoms with E-state index >= 15 is 0 Å². The van der Waals surface area contributed by atoms with E-state index in [-0.39, 0.29) is 5.78 Å². The Kier molecular flexibility index (Phi) is 3.80. The first kappa shape index (κ1) is 11.2. The average Bonchev–Trinajstić information content (AvgIpc) is 2.26. The van der Waals surface area contributed by atoms with Gasteiger partial charge in [-0.3, -0.25) is 4.79 Å². The first-order chi connectivity index (χ1) is 7.13. The second kappa shape index (κ2) is 5.10. The van der Waals surface area contributed by atoms with Crippen LogP contribution in [0.15, 0.2) is 30.3 Å². The van der Waals surface area contributed by atoms with E-state index in [4.69, 9.17) is 0 Å². The highest BCUT2D eigenvalue weighted by molar-refractivity contribution is 5.95. The largest absolute Gasteiger partial charge is 0.466 e. The maximum absolute atomic E-state index is 11.1. The fraction of sp³-hybridized carbons (Fsp3) is 0.167. The van der Waals surface area contributed by atoms with E-state index in [1.165, 1.54) is 20.1 Å². The zero-order chi connectivity index (χ0) is 11.3. The van der Waals surface area contributed by atoms with Crippen LogP contribution in [0.1, 0.15) is 22.8 Å². The number of carbonyl (C=O) groups is 2. The van der Waals surface area contributed by atoms with Crippen LogP contribution in [0.2, 0.25) is 0 Å². The minimum absolute atomic E-state index is 0.00307. The van der Waals surface area contributed by atoms with Crippen molar-refractivity contribution >= 4 is 17.8 Å². The number of ether oxygens (including phenoxy) is 1. The molecule has 0 radical (unpaired) electrons. The summed E-state index contributed by atoms with van der Waals surface area (Å²) in [5, 5.41) is 0. The molecule has 0 spiro atoms. The van der Waals surface area contributed by atoms with Gasteiger partial charge >= 0.3 is 5.97 Å². The SMILES string of the molecule is COC(=O)/C=C/c1cccc(C(C)=O)c1. The Morgan fingerprint density at radius 1 is 1.33 bits per heavy atom. The van der Waals surface area contributed by atoms with E-state index in [1.54, 1.807) is 24.3 Å². The van der Waals surface area contributed by atoms with E-state index in [1.807, 2.05) is 6.07 Å². The molecule has 0 saturated heterocycles. The zero-order valence-corrected chi connectivity index (χ0v) is 8.69. The molecule has 3 heteroatoms. The van der Waals surface area contributed by atoms with Gasteiger partial charge in [-0.15, -0.1) is 0 Å². The van der Waals surface area contributed by atoms with Gasteiger partial charge in [-0.1, -0.05) is 18.2 Å². The van der Waals surface area contributed by atoms with Gasteiger partial charge in [0.1, 0.15) is 0 Å². The minimum atomic E-state index is -0.414. The quantitative estimate of drug-likeness (QED) is 0.430. The van der Waals surface area contributed by atoms with Crippen molar-refractivity contribution in [2.45, 2.75) is 6.92 Å². The summed E-state index contributed by atoms with van der Waals surface area (Å²) >= 11 is 0. The summed E-state index contributed by atoms with van der Waals surface area (Å²) < 4.78 is 4.46. The van der Waals surface area contributed by atoms with Crippen molar-refractivity contribution in [3.05, 3.63) is 41.5 Å². The average molecular weight is 204 g/mol. The molecule has 0 amide bonds. The molecule has 0 N–H and O–H groups in total. The van der Waals surface area contributed by atoms with Gasteiger partial charge in [-0.05, 0) is 24.6 Å². The van der Waals surface area contributed by atoms with Crippen molar-refractivity contribution in [2.24, 2.45) is 0 Å². The van der Waals surface area contributed by atoms with Crippen LogP contribution in [0.5, 0.6) is 0 Å². The van der Waals surface area contributed by atoms with Gasteiger partial charge in [0.05, 0.1) is 7.11 Å². The second-order valence-electron chi connectivity index (χ2n) is 3.04. The summed E-state index contributed by atoms with van der Waals surface area (Å²) in [6.07, 6.45) is 2.93. The molecule has 1 aromatic rings. The maximum Gasteiger partial charge on any atom is 0.330 e. The molecule has 1 rings (SSSR count). The molecule has 0 atom stereocenters. The monoisotopic (exact) mass is 204 g/mol. The molecule has 0 bridgehead atoms. The van der Waals surface area contributed by atoms with Gasteiger partial charge in [0, 0.05) is 11.6 Å². The molecule has 0 aliphatic rings. The molecule has 1 aromatic carbocycles. The Hall–Kier alpha value is -1.90. The lowest BCUT2D eigenvalue weighted by molar-refractivity contribution is -0.134. The van der Waals surface area contributed by atoms with Crippen LogP contribution in [0.25, 0.3) is 6.08 Å². The summed E-state index contributed by atoms with van der Waals surface area (Å²) in [6.45, 7) is 1.50. The highest BCUT2D eigenvalue weighted by atomic mass is 16.5. The number of Topliss-reactive ketones (excluding diaryl/α,β-unsaturated/α-hetero) is 1. The predicted molar refractivity (Wildman–Crippen MR) is 57.5 cm³/mol. The molecule has 0 aliphatic heterocycles. The first-order valence-electron chi connectivity index (χ1n) is 4.50. The Morgan fingerprint density at radius 2 is 2.07 bits per heavy atom. The van der Waals surface area contributed by atoms with Gasteiger partial charge in [0.25, 0.3) is 0 Å². The van der Waals surface area contributed by atoms with E-state index in [2.05, 4.69) is 4.74 Å². The number of hydrogen-bond acceptors (Lipinski definition) is 3. The third kappa shape index (κ3) is 3.38. The first-order valence-corrected chi connectivity index (χ1v) is 4.50. The van der Waals surface area contributed by atoms with Gasteiger partial charge in [0.2, 0.25) is 0 Å². The Labute approximate surface area is 88.4 Å². The van der Waals surface area contributed by atoms with Crippen molar-refractivity contribution in [1.82, 2.24) is 0 Å². The Balaban J connectivity index is 2.87. The normalized spacial score (nSPS) is 10.3. The number of rotatable bonds is 3. The molecular formula is C12H12O3. The molecule has 0 aliphatic carbocycles. The lowest BCUT2D eigenvalue weighted by Crippen LogP contribution is -1.94. The fourth-order valence-electron chi connectivity index (χ4n) is 1.09. The highest BCUT2D eigenvalue weighted by Crippen LogP contribution is 2.07. The van der Waals surface area contributed by atoms with E-state index in [9.17, 15) is 9.59 Å². The third-order valence-corrected chi connectivity index (χ3v) is 1.91.